The first-order valence-electron chi connectivity index (χ1n) is 16.3. The Labute approximate surface area is 279 Å². The molecule has 0 amide bonds. The van der Waals surface area contributed by atoms with E-state index >= 15 is 0 Å². The highest BCUT2D eigenvalue weighted by molar-refractivity contribution is 6.21. The minimum absolute atomic E-state index is 0.711. The summed E-state index contributed by atoms with van der Waals surface area (Å²) in [6.45, 7) is 0. The van der Waals surface area contributed by atoms with Gasteiger partial charge in [-0.3, -0.25) is 0 Å². The number of rotatable bonds is 5. The van der Waals surface area contributed by atoms with Crippen LogP contribution in [-0.4, -0.2) is 9.97 Å². The second-order valence-electron chi connectivity index (χ2n) is 12.2. The van der Waals surface area contributed by atoms with Crippen molar-refractivity contribution < 1.29 is 0 Å². The fraction of sp³-hybridized carbons (Fsp3) is 0. The van der Waals surface area contributed by atoms with Crippen molar-refractivity contribution >= 4 is 32.3 Å². The lowest BCUT2D eigenvalue weighted by Crippen LogP contribution is -1.96. The van der Waals surface area contributed by atoms with Gasteiger partial charge in [-0.25, -0.2) is 9.97 Å². The number of hydrogen-bond donors (Lipinski definition) is 0. The molecule has 48 heavy (non-hydrogen) atoms. The van der Waals surface area contributed by atoms with E-state index in [4.69, 9.17) is 9.97 Å². The van der Waals surface area contributed by atoms with E-state index < -0.39 is 0 Å². The summed E-state index contributed by atoms with van der Waals surface area (Å²) in [4.78, 5) is 10.1. The minimum atomic E-state index is 0.711. The minimum Gasteiger partial charge on any atom is -0.228 e. The normalized spacial score (nSPS) is 11.3. The molecule has 0 fully saturated rings. The Morgan fingerprint density at radius 3 is 1.23 bits per heavy atom. The van der Waals surface area contributed by atoms with Crippen LogP contribution in [-0.2, 0) is 0 Å². The van der Waals surface area contributed by atoms with E-state index in [-0.39, 0.29) is 0 Å². The van der Waals surface area contributed by atoms with E-state index in [9.17, 15) is 0 Å². The molecule has 0 spiro atoms. The van der Waals surface area contributed by atoms with E-state index in [0.29, 0.717) is 5.82 Å². The van der Waals surface area contributed by atoms with Gasteiger partial charge in [-0.1, -0.05) is 170 Å². The first kappa shape index (κ1) is 27.9. The molecule has 0 aliphatic carbocycles. The monoisotopic (exact) mass is 610 g/mol. The van der Waals surface area contributed by atoms with Gasteiger partial charge in [0.15, 0.2) is 5.82 Å². The number of nitrogens with zero attached hydrogens (tertiary/aromatic N) is 2. The van der Waals surface area contributed by atoms with Crippen molar-refractivity contribution in [1.29, 1.82) is 0 Å². The summed E-state index contributed by atoms with van der Waals surface area (Å²) in [6, 6.07) is 64.5. The zero-order chi connectivity index (χ0) is 31.9. The van der Waals surface area contributed by atoms with E-state index in [1.807, 2.05) is 36.4 Å². The second-order valence-corrected chi connectivity index (χ2v) is 12.2. The van der Waals surface area contributed by atoms with Crippen molar-refractivity contribution in [2.75, 3.05) is 0 Å². The molecule has 2 heteroatoms. The van der Waals surface area contributed by atoms with Crippen LogP contribution in [0.4, 0.5) is 0 Å². The van der Waals surface area contributed by atoms with Gasteiger partial charge in [0.2, 0.25) is 0 Å². The Hall–Kier alpha value is -6.38. The highest BCUT2D eigenvalue weighted by Gasteiger charge is 2.17. The average Bonchev–Trinajstić information content (AvgIpc) is 3.17. The van der Waals surface area contributed by atoms with E-state index in [1.165, 1.54) is 54.6 Å². The van der Waals surface area contributed by atoms with Gasteiger partial charge >= 0.3 is 0 Å². The van der Waals surface area contributed by atoms with Crippen LogP contribution in [0.1, 0.15) is 0 Å². The molecule has 0 atom stereocenters. The zero-order valence-electron chi connectivity index (χ0n) is 26.2. The Bertz CT molecular complexity index is 2470. The Kier molecular flexibility index (Phi) is 6.84. The molecule has 0 aliphatic heterocycles. The van der Waals surface area contributed by atoms with Crippen LogP contribution in [0.3, 0.4) is 0 Å². The van der Waals surface area contributed by atoms with Crippen molar-refractivity contribution in [1.82, 2.24) is 9.97 Å². The highest BCUT2D eigenvalue weighted by Crippen LogP contribution is 2.44. The molecular formula is C46H30N2. The summed E-state index contributed by atoms with van der Waals surface area (Å²) < 4.78 is 0. The lowest BCUT2D eigenvalue weighted by atomic mass is 9.85. The predicted octanol–water partition coefficient (Wildman–Crippen LogP) is 12.3. The highest BCUT2D eigenvalue weighted by atomic mass is 14.9. The van der Waals surface area contributed by atoms with Gasteiger partial charge in [0.05, 0.1) is 11.4 Å². The maximum absolute atomic E-state index is 5.06. The van der Waals surface area contributed by atoms with Crippen LogP contribution in [0.15, 0.2) is 182 Å². The van der Waals surface area contributed by atoms with Gasteiger partial charge in [0.1, 0.15) is 0 Å². The Morgan fingerprint density at radius 2 is 0.688 bits per heavy atom. The van der Waals surface area contributed by atoms with Crippen LogP contribution >= 0.6 is 0 Å². The first-order chi connectivity index (χ1) is 23.8. The molecule has 0 saturated carbocycles. The number of hydrogen-bond acceptors (Lipinski definition) is 2. The summed E-state index contributed by atoms with van der Waals surface area (Å²) >= 11 is 0. The number of fused-ring (bicyclic) bond motifs is 3. The van der Waals surface area contributed by atoms with Crippen molar-refractivity contribution in [3.8, 4) is 56.2 Å². The third-order valence-electron chi connectivity index (χ3n) is 9.27. The molecule has 0 bridgehead atoms. The van der Waals surface area contributed by atoms with Crippen LogP contribution in [0.5, 0.6) is 0 Å². The molecule has 9 rings (SSSR count). The van der Waals surface area contributed by atoms with Crippen molar-refractivity contribution in [2.24, 2.45) is 0 Å². The van der Waals surface area contributed by atoms with Gasteiger partial charge < -0.3 is 0 Å². The van der Waals surface area contributed by atoms with Crippen LogP contribution in [0.25, 0.3) is 88.5 Å². The SMILES string of the molecule is c1ccc(-c2cc(-c3ccccc3)nc(-c3ccc(-c4c5ccccc5c(-c5ccc6ccccc6c5)c5ccccc45)cc3)n2)cc1. The summed E-state index contributed by atoms with van der Waals surface area (Å²) in [6.07, 6.45) is 0. The molecule has 0 aliphatic rings. The van der Waals surface area contributed by atoms with Gasteiger partial charge in [0.25, 0.3) is 0 Å². The molecule has 0 N–H and O–H groups in total. The van der Waals surface area contributed by atoms with Gasteiger partial charge in [-0.2, -0.15) is 0 Å². The molecule has 224 valence electrons. The second kappa shape index (κ2) is 11.8. The quantitative estimate of drug-likeness (QED) is 0.181. The van der Waals surface area contributed by atoms with Crippen LogP contribution in [0.2, 0.25) is 0 Å². The fourth-order valence-electron chi connectivity index (χ4n) is 6.97. The largest absolute Gasteiger partial charge is 0.228 e. The van der Waals surface area contributed by atoms with E-state index in [1.54, 1.807) is 0 Å². The van der Waals surface area contributed by atoms with E-state index in [2.05, 4.69) is 146 Å². The molecule has 0 radical (unpaired) electrons. The predicted molar refractivity (Wildman–Crippen MR) is 202 cm³/mol. The lowest BCUT2D eigenvalue weighted by molar-refractivity contribution is 1.18. The number of aromatic nitrogens is 2. The molecule has 0 saturated heterocycles. The summed E-state index contributed by atoms with van der Waals surface area (Å²) in [5, 5.41) is 7.47. The van der Waals surface area contributed by atoms with Crippen molar-refractivity contribution in [2.45, 2.75) is 0 Å². The third-order valence-corrected chi connectivity index (χ3v) is 9.27. The Balaban J connectivity index is 1.21. The number of benzene rings is 8. The summed E-state index contributed by atoms with van der Waals surface area (Å²) in [5.74, 6) is 0.711. The molecule has 2 nitrogen and oxygen atoms in total. The van der Waals surface area contributed by atoms with Crippen molar-refractivity contribution in [3.05, 3.63) is 182 Å². The Morgan fingerprint density at radius 1 is 0.271 bits per heavy atom. The van der Waals surface area contributed by atoms with E-state index in [0.717, 1.165) is 28.1 Å². The van der Waals surface area contributed by atoms with Gasteiger partial charge in [0, 0.05) is 16.7 Å². The smallest absolute Gasteiger partial charge is 0.160 e. The summed E-state index contributed by atoms with van der Waals surface area (Å²) in [5.41, 5.74) is 9.84. The zero-order valence-corrected chi connectivity index (χ0v) is 26.2. The van der Waals surface area contributed by atoms with Gasteiger partial charge in [-0.05, 0) is 66.7 Å². The molecule has 1 heterocycles. The lowest BCUT2D eigenvalue weighted by Gasteiger charge is -2.18. The average molecular weight is 611 g/mol. The van der Waals surface area contributed by atoms with Gasteiger partial charge in [-0.15, -0.1) is 0 Å². The first-order valence-corrected chi connectivity index (χ1v) is 16.3. The third kappa shape index (κ3) is 4.92. The maximum atomic E-state index is 5.06. The topological polar surface area (TPSA) is 25.8 Å². The summed E-state index contributed by atoms with van der Waals surface area (Å²) in [7, 11) is 0. The maximum Gasteiger partial charge on any atom is 0.160 e. The molecular weight excluding hydrogens is 581 g/mol. The molecule has 8 aromatic carbocycles. The van der Waals surface area contributed by atoms with Crippen LogP contribution < -0.4 is 0 Å². The molecule has 0 unspecified atom stereocenters. The van der Waals surface area contributed by atoms with Crippen molar-refractivity contribution in [3.63, 3.8) is 0 Å². The van der Waals surface area contributed by atoms with Crippen LogP contribution in [0, 0.1) is 0 Å². The standard InChI is InChI=1S/C46H30N2/c1-3-14-32(15-4-1)42-30-43(33-16-5-2-6-17-33)48-46(47-42)35-26-24-34(25-27-35)44-38-19-9-11-21-40(38)45(41-22-12-10-20-39(41)44)37-28-23-31-13-7-8-18-36(31)29-37/h1-30H. The molecule has 9 aromatic rings. The fourth-order valence-corrected chi connectivity index (χ4v) is 6.97. The molecule has 1 aromatic heterocycles.